The van der Waals surface area contributed by atoms with Crippen molar-refractivity contribution >= 4 is 33.2 Å². The van der Waals surface area contributed by atoms with Crippen LogP contribution < -0.4 is 14.4 Å². The van der Waals surface area contributed by atoms with Crippen molar-refractivity contribution < 1.29 is 7.86 Å². The van der Waals surface area contributed by atoms with Gasteiger partial charge in [0.15, 0.2) is 5.82 Å². The molecule has 2 aliphatic rings. The molecule has 2 fully saturated rings. The van der Waals surface area contributed by atoms with E-state index in [9.17, 15) is 12.7 Å². The lowest BCUT2D eigenvalue weighted by atomic mass is 9.89. The second kappa shape index (κ2) is 8.01. The van der Waals surface area contributed by atoms with E-state index in [-0.39, 0.29) is 17.4 Å². The van der Waals surface area contributed by atoms with Crippen molar-refractivity contribution in [2.24, 2.45) is 17.8 Å². The standard InChI is InChI=1S/C18H22IN5O3/c25-17-13(2-1-7-20-17)8-24-9-14(21-10-24)22-18(26)16(23-19-27)15(11-3-4-11)12-5-6-12/h1-2,7,9-12,15-16H,3-6,8H2,(H,20,25)(H,22,26)(H,23,27)/t16-/m0/s1. The SMILES string of the molecule is O=IN[C@H](C(=O)Nc1cn(Cc2ccc[nH]c2=O)cn1)C(C1CC1)C1CC1. The maximum Gasteiger partial charge on any atom is 0.252 e. The summed E-state index contributed by atoms with van der Waals surface area (Å²) in [5.74, 6) is 1.67. The number of H-pyrrole nitrogens is 1. The molecule has 2 aliphatic carbocycles. The fourth-order valence-electron chi connectivity index (χ4n) is 3.73. The van der Waals surface area contributed by atoms with Gasteiger partial charge in [-0.3, -0.25) is 12.7 Å². The van der Waals surface area contributed by atoms with E-state index >= 15 is 0 Å². The highest BCUT2D eigenvalue weighted by atomic mass is 127. The van der Waals surface area contributed by atoms with Gasteiger partial charge in [-0.15, -0.1) is 0 Å². The first-order valence-corrected chi connectivity index (χ1v) is 11.1. The molecule has 2 saturated carbocycles. The van der Waals surface area contributed by atoms with Crippen molar-refractivity contribution in [3.05, 3.63) is 46.8 Å². The Kier molecular flexibility index (Phi) is 5.48. The van der Waals surface area contributed by atoms with Gasteiger partial charge in [-0.05, 0) is 49.5 Å². The van der Waals surface area contributed by atoms with Crippen molar-refractivity contribution in [3.8, 4) is 0 Å². The number of pyridine rings is 1. The van der Waals surface area contributed by atoms with Crippen LogP contribution in [-0.4, -0.2) is 26.5 Å². The van der Waals surface area contributed by atoms with Crippen LogP contribution in [0.2, 0.25) is 0 Å². The van der Waals surface area contributed by atoms with E-state index < -0.39 is 27.5 Å². The second-order valence-corrected chi connectivity index (χ2v) is 8.42. The zero-order valence-electron chi connectivity index (χ0n) is 14.7. The molecular formula is C18H22IN5O3. The lowest BCUT2D eigenvalue weighted by molar-refractivity contribution is -0.119. The van der Waals surface area contributed by atoms with Gasteiger partial charge in [-0.25, -0.2) is 8.51 Å². The summed E-state index contributed by atoms with van der Waals surface area (Å²) >= 11 is -1.43. The summed E-state index contributed by atoms with van der Waals surface area (Å²) in [5.41, 5.74) is 0.475. The number of hydrogen-bond acceptors (Lipinski definition) is 4. The fraction of sp³-hybridized carbons (Fsp3) is 0.500. The van der Waals surface area contributed by atoms with E-state index in [1.165, 1.54) is 0 Å². The molecule has 2 aromatic heterocycles. The third kappa shape index (κ3) is 4.52. The van der Waals surface area contributed by atoms with Gasteiger partial charge >= 0.3 is 0 Å². The van der Waals surface area contributed by atoms with Gasteiger partial charge in [0.2, 0.25) is 27.4 Å². The minimum absolute atomic E-state index is 0.142. The van der Waals surface area contributed by atoms with Gasteiger partial charge in [-0.2, -0.15) is 0 Å². The number of nitrogens with zero attached hydrogens (tertiary/aromatic N) is 2. The van der Waals surface area contributed by atoms with E-state index in [4.69, 9.17) is 0 Å². The van der Waals surface area contributed by atoms with Gasteiger partial charge in [0, 0.05) is 18.0 Å². The van der Waals surface area contributed by atoms with E-state index in [1.807, 2.05) is 0 Å². The fourth-order valence-corrected chi connectivity index (χ4v) is 4.70. The van der Waals surface area contributed by atoms with Crippen molar-refractivity contribution in [1.82, 2.24) is 18.1 Å². The molecule has 9 heteroatoms. The van der Waals surface area contributed by atoms with Crippen LogP contribution in [0.25, 0.3) is 0 Å². The highest BCUT2D eigenvalue weighted by Gasteiger charge is 2.47. The number of halogens is 1. The molecule has 144 valence electrons. The Morgan fingerprint density at radius 2 is 2.07 bits per heavy atom. The average molecular weight is 483 g/mol. The Morgan fingerprint density at radius 3 is 2.70 bits per heavy atom. The first-order valence-electron chi connectivity index (χ1n) is 9.16. The predicted octanol–water partition coefficient (Wildman–Crippen LogP) is 2.18. The van der Waals surface area contributed by atoms with Gasteiger partial charge in [0.25, 0.3) is 5.56 Å². The molecule has 3 N–H and O–H groups in total. The van der Waals surface area contributed by atoms with E-state index in [0.29, 0.717) is 29.8 Å². The molecule has 2 aromatic rings. The Morgan fingerprint density at radius 1 is 1.33 bits per heavy atom. The number of carbonyl (C=O) groups excluding carboxylic acids is 1. The maximum absolute atomic E-state index is 12.8. The number of aromatic nitrogens is 3. The number of rotatable bonds is 9. The summed E-state index contributed by atoms with van der Waals surface area (Å²) in [6.07, 6.45) is 9.51. The molecule has 4 rings (SSSR count). The lowest BCUT2D eigenvalue weighted by Crippen LogP contribution is -2.44. The number of hydrogen-bond donors (Lipinski definition) is 3. The zero-order chi connectivity index (χ0) is 18.8. The van der Waals surface area contributed by atoms with Crippen LogP contribution in [0, 0.1) is 17.8 Å². The van der Waals surface area contributed by atoms with Crippen LogP contribution in [0.3, 0.4) is 0 Å². The largest absolute Gasteiger partial charge is 0.331 e. The van der Waals surface area contributed by atoms with Crippen molar-refractivity contribution in [2.45, 2.75) is 38.3 Å². The van der Waals surface area contributed by atoms with E-state index in [2.05, 4.69) is 18.8 Å². The molecule has 27 heavy (non-hydrogen) atoms. The summed E-state index contributed by atoms with van der Waals surface area (Å²) in [7, 11) is 0. The monoisotopic (exact) mass is 483 g/mol. The molecule has 0 aliphatic heterocycles. The smallest absolute Gasteiger partial charge is 0.252 e. The van der Waals surface area contributed by atoms with Crippen LogP contribution in [0.4, 0.5) is 5.82 Å². The normalized spacial score (nSPS) is 17.8. The number of aromatic amines is 1. The maximum atomic E-state index is 12.8. The van der Waals surface area contributed by atoms with Crippen LogP contribution in [0.5, 0.6) is 0 Å². The molecule has 0 bridgehead atoms. The number of carbonyl (C=O) groups is 1. The second-order valence-electron chi connectivity index (χ2n) is 7.36. The van der Waals surface area contributed by atoms with Crippen molar-refractivity contribution in [2.75, 3.05) is 5.32 Å². The van der Waals surface area contributed by atoms with Crippen LogP contribution in [0.15, 0.2) is 35.6 Å². The summed E-state index contributed by atoms with van der Waals surface area (Å²) in [6.45, 7) is 0.375. The molecular weight excluding hydrogens is 461 g/mol. The Balaban J connectivity index is 1.44. The first-order chi connectivity index (χ1) is 13.2. The minimum atomic E-state index is -1.43. The highest BCUT2D eigenvalue weighted by Crippen LogP contribution is 2.51. The molecule has 0 unspecified atom stereocenters. The number of imidazole rings is 1. The minimum Gasteiger partial charge on any atom is -0.331 e. The summed E-state index contributed by atoms with van der Waals surface area (Å²) < 4.78 is 16.0. The number of amides is 1. The molecule has 0 radical (unpaired) electrons. The zero-order valence-corrected chi connectivity index (χ0v) is 16.9. The number of anilines is 1. The van der Waals surface area contributed by atoms with Gasteiger partial charge in [0.1, 0.15) is 6.04 Å². The molecule has 0 spiro atoms. The summed E-state index contributed by atoms with van der Waals surface area (Å²) in [5, 5.41) is 2.85. The van der Waals surface area contributed by atoms with Gasteiger partial charge in [0.05, 0.1) is 12.9 Å². The van der Waals surface area contributed by atoms with Crippen LogP contribution in [0.1, 0.15) is 31.2 Å². The average Bonchev–Trinajstić information content (AvgIpc) is 3.58. The molecule has 1 atom stereocenters. The van der Waals surface area contributed by atoms with Crippen LogP contribution >= 0.6 is 21.5 Å². The molecule has 0 aromatic carbocycles. The predicted molar refractivity (Wildman–Crippen MR) is 108 cm³/mol. The third-order valence-electron chi connectivity index (χ3n) is 5.30. The Bertz CT molecular complexity index is 875. The summed E-state index contributed by atoms with van der Waals surface area (Å²) in [4.78, 5) is 31.5. The molecule has 0 saturated heterocycles. The topological polar surface area (TPSA) is 109 Å². The first kappa shape index (κ1) is 18.5. The molecule has 8 nitrogen and oxygen atoms in total. The van der Waals surface area contributed by atoms with E-state index in [1.54, 1.807) is 35.4 Å². The van der Waals surface area contributed by atoms with Gasteiger partial charge in [-0.1, -0.05) is 6.07 Å². The number of nitrogens with one attached hydrogen (secondary N) is 3. The Hall–Kier alpha value is -1.88. The third-order valence-corrected chi connectivity index (χ3v) is 6.22. The Labute approximate surface area is 167 Å². The summed E-state index contributed by atoms with van der Waals surface area (Å²) in [6, 6.07) is 3.11. The lowest BCUT2D eigenvalue weighted by Gasteiger charge is -2.24. The molecule has 1 amide bonds. The quantitative estimate of drug-likeness (QED) is 0.374. The van der Waals surface area contributed by atoms with Crippen molar-refractivity contribution in [3.63, 3.8) is 0 Å². The van der Waals surface area contributed by atoms with E-state index in [0.717, 1.165) is 25.7 Å². The molecule has 2 heterocycles. The van der Waals surface area contributed by atoms with Gasteiger partial charge < -0.3 is 14.9 Å². The highest BCUT2D eigenvalue weighted by molar-refractivity contribution is 14.1. The van der Waals surface area contributed by atoms with Crippen LogP contribution in [-0.2, 0) is 14.4 Å². The van der Waals surface area contributed by atoms with Crippen molar-refractivity contribution in [1.29, 1.82) is 0 Å².